The first-order valence-corrected chi connectivity index (χ1v) is 5.17. The number of nitrogens with zero attached hydrogens (tertiary/aromatic N) is 1. The van der Waals surface area contributed by atoms with Crippen LogP contribution in [0.3, 0.4) is 0 Å². The maximum atomic E-state index is 12.6. The van der Waals surface area contributed by atoms with Crippen molar-refractivity contribution in [3.63, 3.8) is 0 Å². The van der Waals surface area contributed by atoms with Gasteiger partial charge in [-0.05, 0) is 25.0 Å². The monoisotopic (exact) mass is 207 g/mol. The summed E-state index contributed by atoms with van der Waals surface area (Å²) < 4.78 is 12.6. The van der Waals surface area contributed by atoms with E-state index in [4.69, 9.17) is 0 Å². The van der Waals surface area contributed by atoms with Crippen LogP contribution in [0, 0.1) is 0 Å². The van der Waals surface area contributed by atoms with E-state index in [0.29, 0.717) is 0 Å². The average molecular weight is 207 g/mol. The lowest BCUT2D eigenvalue weighted by atomic mass is 10.0. The molecule has 1 aliphatic carbocycles. The molecule has 0 radical (unpaired) electrons. The standard InChI is InChI=1S/C13H18FN/c1-11(14)7-6-9-12-8-4-5-10-13(12)15(2)3/h4-7,9-11H,8H2,1-3H3. The molecular formula is C13H18FN. The fourth-order valence-corrected chi connectivity index (χ4v) is 1.48. The highest BCUT2D eigenvalue weighted by molar-refractivity contribution is 5.39. The van der Waals surface area contributed by atoms with Crippen LogP contribution in [-0.4, -0.2) is 25.2 Å². The van der Waals surface area contributed by atoms with Crippen molar-refractivity contribution in [1.82, 2.24) is 4.90 Å². The minimum Gasteiger partial charge on any atom is -0.377 e. The van der Waals surface area contributed by atoms with Gasteiger partial charge >= 0.3 is 0 Å². The topological polar surface area (TPSA) is 3.24 Å². The number of hydrogen-bond donors (Lipinski definition) is 0. The maximum absolute atomic E-state index is 12.6. The van der Waals surface area contributed by atoms with Gasteiger partial charge in [0.1, 0.15) is 6.17 Å². The van der Waals surface area contributed by atoms with E-state index >= 15 is 0 Å². The fourth-order valence-electron chi connectivity index (χ4n) is 1.48. The third-order valence-corrected chi connectivity index (χ3v) is 2.21. The van der Waals surface area contributed by atoms with E-state index in [2.05, 4.69) is 17.1 Å². The first kappa shape index (κ1) is 11.8. The molecule has 0 heterocycles. The number of halogens is 1. The molecule has 1 unspecified atom stereocenters. The minimum absolute atomic E-state index is 0.882. The Kier molecular flexibility index (Phi) is 4.35. The third-order valence-electron chi connectivity index (χ3n) is 2.21. The van der Waals surface area contributed by atoms with E-state index in [0.717, 1.165) is 6.42 Å². The second-order valence-corrected chi connectivity index (χ2v) is 3.83. The van der Waals surface area contributed by atoms with Gasteiger partial charge in [0.25, 0.3) is 0 Å². The second kappa shape index (κ2) is 5.54. The molecule has 2 heteroatoms. The van der Waals surface area contributed by atoms with Gasteiger partial charge in [0.2, 0.25) is 0 Å². The summed E-state index contributed by atoms with van der Waals surface area (Å²) in [6, 6.07) is 0. The van der Waals surface area contributed by atoms with E-state index in [9.17, 15) is 4.39 Å². The van der Waals surface area contributed by atoms with Gasteiger partial charge in [-0.25, -0.2) is 4.39 Å². The SMILES string of the molecule is CC(F)C=CC=C1CC=CC=C1N(C)C. The van der Waals surface area contributed by atoms with Crippen LogP contribution in [-0.2, 0) is 0 Å². The van der Waals surface area contributed by atoms with Crippen molar-refractivity contribution in [3.05, 3.63) is 47.7 Å². The molecule has 0 aromatic heterocycles. The summed E-state index contributed by atoms with van der Waals surface area (Å²) in [6.07, 6.45) is 11.6. The highest BCUT2D eigenvalue weighted by Gasteiger charge is 2.07. The number of rotatable bonds is 3. The lowest BCUT2D eigenvalue weighted by molar-refractivity contribution is 0.430. The van der Waals surface area contributed by atoms with Crippen LogP contribution in [0.4, 0.5) is 4.39 Å². The van der Waals surface area contributed by atoms with Gasteiger partial charge < -0.3 is 4.90 Å². The van der Waals surface area contributed by atoms with Crippen molar-refractivity contribution in [3.8, 4) is 0 Å². The summed E-state index contributed by atoms with van der Waals surface area (Å²) in [7, 11) is 4.03. The molecular weight excluding hydrogens is 189 g/mol. The van der Waals surface area contributed by atoms with Crippen molar-refractivity contribution in [1.29, 1.82) is 0 Å². The Morgan fingerprint density at radius 2 is 2.20 bits per heavy atom. The van der Waals surface area contributed by atoms with E-state index in [1.54, 1.807) is 12.2 Å². The molecule has 0 fully saturated rings. The van der Waals surface area contributed by atoms with Crippen LogP contribution in [0.1, 0.15) is 13.3 Å². The molecule has 0 saturated heterocycles. The zero-order valence-electron chi connectivity index (χ0n) is 9.57. The largest absolute Gasteiger partial charge is 0.377 e. The second-order valence-electron chi connectivity index (χ2n) is 3.83. The highest BCUT2D eigenvalue weighted by atomic mass is 19.1. The Morgan fingerprint density at radius 1 is 1.47 bits per heavy atom. The van der Waals surface area contributed by atoms with Gasteiger partial charge in [-0.2, -0.15) is 0 Å². The quantitative estimate of drug-likeness (QED) is 0.686. The molecule has 0 saturated carbocycles. The van der Waals surface area contributed by atoms with E-state index < -0.39 is 6.17 Å². The van der Waals surface area contributed by atoms with E-state index in [-0.39, 0.29) is 0 Å². The predicted molar refractivity (Wildman–Crippen MR) is 63.3 cm³/mol. The van der Waals surface area contributed by atoms with Crippen molar-refractivity contribution in [2.24, 2.45) is 0 Å². The Hall–Kier alpha value is -1.31. The van der Waals surface area contributed by atoms with Crippen molar-refractivity contribution in [2.45, 2.75) is 19.5 Å². The summed E-state index contributed by atoms with van der Waals surface area (Å²) in [4.78, 5) is 2.07. The molecule has 1 atom stereocenters. The first-order chi connectivity index (χ1) is 7.11. The molecule has 15 heavy (non-hydrogen) atoms. The molecule has 0 aromatic rings. The van der Waals surface area contributed by atoms with Gasteiger partial charge in [-0.15, -0.1) is 0 Å². The van der Waals surface area contributed by atoms with Crippen molar-refractivity contribution in [2.75, 3.05) is 14.1 Å². The number of allylic oxidation sites excluding steroid dienone is 7. The number of hydrogen-bond acceptors (Lipinski definition) is 1. The molecule has 0 bridgehead atoms. The van der Waals surface area contributed by atoms with Crippen LogP contribution in [0.5, 0.6) is 0 Å². The summed E-state index contributed by atoms with van der Waals surface area (Å²) in [6.45, 7) is 1.53. The normalized spacial score (nSPS) is 20.8. The van der Waals surface area contributed by atoms with Gasteiger partial charge in [-0.1, -0.05) is 30.4 Å². The molecule has 1 aliphatic rings. The molecule has 1 rings (SSSR count). The van der Waals surface area contributed by atoms with Gasteiger partial charge in [0, 0.05) is 19.8 Å². The smallest absolute Gasteiger partial charge is 0.116 e. The van der Waals surface area contributed by atoms with E-state index in [1.807, 2.05) is 26.2 Å². The van der Waals surface area contributed by atoms with Gasteiger partial charge in [0.15, 0.2) is 0 Å². The third kappa shape index (κ3) is 3.74. The average Bonchev–Trinajstić information content (AvgIpc) is 2.17. The molecule has 0 spiro atoms. The summed E-state index contributed by atoms with van der Waals surface area (Å²) in [5.41, 5.74) is 2.41. The summed E-state index contributed by atoms with van der Waals surface area (Å²) in [5, 5.41) is 0. The molecule has 0 aliphatic heterocycles. The Balaban J connectivity index is 2.77. The minimum atomic E-state index is -0.882. The van der Waals surface area contributed by atoms with Crippen LogP contribution in [0.25, 0.3) is 0 Å². The highest BCUT2D eigenvalue weighted by Crippen LogP contribution is 2.21. The van der Waals surface area contributed by atoms with Crippen LogP contribution >= 0.6 is 0 Å². The first-order valence-electron chi connectivity index (χ1n) is 5.17. The van der Waals surface area contributed by atoms with Crippen LogP contribution in [0.2, 0.25) is 0 Å². The van der Waals surface area contributed by atoms with Crippen LogP contribution < -0.4 is 0 Å². The zero-order chi connectivity index (χ0) is 11.3. The molecule has 0 N–H and O–H groups in total. The Morgan fingerprint density at radius 3 is 2.80 bits per heavy atom. The van der Waals surface area contributed by atoms with Crippen LogP contribution in [0.15, 0.2) is 47.7 Å². The fraction of sp³-hybridized carbons (Fsp3) is 0.385. The lowest BCUT2D eigenvalue weighted by Gasteiger charge is -2.21. The maximum Gasteiger partial charge on any atom is 0.116 e. The molecule has 1 nitrogen and oxygen atoms in total. The predicted octanol–water partition coefficient (Wildman–Crippen LogP) is 3.23. The van der Waals surface area contributed by atoms with E-state index in [1.165, 1.54) is 18.2 Å². The summed E-state index contributed by atoms with van der Waals surface area (Å²) in [5.74, 6) is 0. The van der Waals surface area contributed by atoms with Crippen molar-refractivity contribution >= 4 is 0 Å². The lowest BCUT2D eigenvalue weighted by Crippen LogP contribution is -2.14. The Labute approximate surface area is 91.3 Å². The zero-order valence-corrected chi connectivity index (χ0v) is 9.57. The summed E-state index contributed by atoms with van der Waals surface area (Å²) >= 11 is 0. The number of likely N-dealkylation sites (N-methyl/N-ethyl adjacent to an activating group) is 1. The van der Waals surface area contributed by atoms with Gasteiger partial charge in [0.05, 0.1) is 0 Å². The molecule has 0 amide bonds. The van der Waals surface area contributed by atoms with Crippen molar-refractivity contribution < 1.29 is 4.39 Å². The van der Waals surface area contributed by atoms with Gasteiger partial charge in [-0.3, -0.25) is 0 Å². The number of alkyl halides is 1. The molecule has 82 valence electrons. The molecule has 0 aromatic carbocycles. The Bertz CT molecular complexity index is 319.